The molecule has 2 unspecified atom stereocenters. The van der Waals surface area contributed by atoms with Gasteiger partial charge >= 0.3 is 0 Å². The van der Waals surface area contributed by atoms with Crippen molar-refractivity contribution in [2.75, 3.05) is 18.7 Å². The molecule has 0 aliphatic heterocycles. The molecular weight excluding hydrogens is 208 g/mol. The Morgan fingerprint density at radius 3 is 2.60 bits per heavy atom. The van der Waals surface area contributed by atoms with Gasteiger partial charge in [0.1, 0.15) is 5.82 Å². The van der Waals surface area contributed by atoms with E-state index in [-0.39, 0.29) is 12.1 Å². The standard InChI is InChI=1S/C11H18N2OS/c1-8(9(2)14-3)13-11-6-5-10(15-4)7-12-11/h5-9H,1-4H3,(H,12,13). The third kappa shape index (κ3) is 3.72. The highest BCUT2D eigenvalue weighted by Gasteiger charge is 2.10. The Kier molecular flexibility index (Phi) is 4.91. The Labute approximate surface area is 95.6 Å². The van der Waals surface area contributed by atoms with Crippen LogP contribution in [0.1, 0.15) is 13.8 Å². The molecule has 1 heterocycles. The van der Waals surface area contributed by atoms with E-state index in [1.54, 1.807) is 18.9 Å². The average molecular weight is 226 g/mol. The van der Waals surface area contributed by atoms with Gasteiger partial charge in [-0.15, -0.1) is 11.8 Å². The van der Waals surface area contributed by atoms with Crippen molar-refractivity contribution >= 4 is 17.6 Å². The Bertz CT molecular complexity index is 289. The highest BCUT2D eigenvalue weighted by atomic mass is 32.2. The van der Waals surface area contributed by atoms with E-state index in [4.69, 9.17) is 4.74 Å². The Balaban J connectivity index is 2.57. The first kappa shape index (κ1) is 12.3. The van der Waals surface area contributed by atoms with Crippen molar-refractivity contribution < 1.29 is 4.74 Å². The van der Waals surface area contributed by atoms with Crippen LogP contribution >= 0.6 is 11.8 Å². The van der Waals surface area contributed by atoms with E-state index in [2.05, 4.69) is 23.3 Å². The third-order valence-electron chi connectivity index (χ3n) is 2.42. The van der Waals surface area contributed by atoms with Gasteiger partial charge in [0.25, 0.3) is 0 Å². The van der Waals surface area contributed by atoms with E-state index in [9.17, 15) is 0 Å². The summed E-state index contributed by atoms with van der Waals surface area (Å²) in [5.41, 5.74) is 0. The summed E-state index contributed by atoms with van der Waals surface area (Å²) in [4.78, 5) is 5.49. The molecule has 0 saturated carbocycles. The van der Waals surface area contributed by atoms with E-state index in [0.717, 1.165) is 5.82 Å². The number of pyridine rings is 1. The van der Waals surface area contributed by atoms with Gasteiger partial charge < -0.3 is 10.1 Å². The summed E-state index contributed by atoms with van der Waals surface area (Å²) in [6.45, 7) is 4.12. The zero-order valence-electron chi connectivity index (χ0n) is 9.65. The number of rotatable bonds is 5. The Morgan fingerprint density at radius 1 is 1.40 bits per heavy atom. The van der Waals surface area contributed by atoms with Crippen molar-refractivity contribution in [3.63, 3.8) is 0 Å². The second kappa shape index (κ2) is 5.98. The molecule has 0 saturated heterocycles. The smallest absolute Gasteiger partial charge is 0.126 e. The summed E-state index contributed by atoms with van der Waals surface area (Å²) >= 11 is 1.69. The van der Waals surface area contributed by atoms with Crippen LogP contribution in [0.5, 0.6) is 0 Å². The number of thioether (sulfide) groups is 1. The molecule has 0 radical (unpaired) electrons. The molecule has 0 fully saturated rings. The fraction of sp³-hybridized carbons (Fsp3) is 0.545. The number of aromatic nitrogens is 1. The lowest BCUT2D eigenvalue weighted by atomic mass is 10.2. The van der Waals surface area contributed by atoms with E-state index in [0.29, 0.717) is 0 Å². The molecule has 2 atom stereocenters. The molecule has 1 rings (SSSR count). The molecule has 1 aromatic heterocycles. The molecule has 0 aliphatic rings. The molecule has 0 spiro atoms. The second-order valence-electron chi connectivity index (χ2n) is 3.46. The zero-order chi connectivity index (χ0) is 11.3. The molecular formula is C11H18N2OS. The number of anilines is 1. The van der Waals surface area contributed by atoms with Crippen molar-refractivity contribution in [1.29, 1.82) is 0 Å². The van der Waals surface area contributed by atoms with Crippen LogP contribution in [0.25, 0.3) is 0 Å². The van der Waals surface area contributed by atoms with Gasteiger partial charge in [-0.3, -0.25) is 0 Å². The maximum atomic E-state index is 5.23. The predicted molar refractivity (Wildman–Crippen MR) is 65.6 cm³/mol. The third-order valence-corrected chi connectivity index (χ3v) is 3.14. The lowest BCUT2D eigenvalue weighted by molar-refractivity contribution is 0.106. The van der Waals surface area contributed by atoms with Crippen molar-refractivity contribution in [1.82, 2.24) is 4.98 Å². The van der Waals surface area contributed by atoms with Crippen LogP contribution in [-0.2, 0) is 4.74 Å². The monoisotopic (exact) mass is 226 g/mol. The Hall–Kier alpha value is -0.740. The van der Waals surface area contributed by atoms with Gasteiger partial charge in [0, 0.05) is 18.2 Å². The summed E-state index contributed by atoms with van der Waals surface area (Å²) < 4.78 is 5.23. The molecule has 0 bridgehead atoms. The number of hydrogen-bond donors (Lipinski definition) is 1. The van der Waals surface area contributed by atoms with E-state index < -0.39 is 0 Å². The Morgan fingerprint density at radius 2 is 2.13 bits per heavy atom. The number of nitrogens with one attached hydrogen (secondary N) is 1. The van der Waals surface area contributed by atoms with Crippen molar-refractivity contribution in [3.8, 4) is 0 Å². The quantitative estimate of drug-likeness (QED) is 0.783. The van der Waals surface area contributed by atoms with Gasteiger partial charge in [-0.25, -0.2) is 4.98 Å². The minimum Gasteiger partial charge on any atom is -0.380 e. The first-order chi connectivity index (χ1) is 7.17. The van der Waals surface area contributed by atoms with Crippen LogP contribution in [0.3, 0.4) is 0 Å². The first-order valence-corrected chi connectivity index (χ1v) is 6.19. The van der Waals surface area contributed by atoms with Gasteiger partial charge in [0.2, 0.25) is 0 Å². The summed E-state index contributed by atoms with van der Waals surface area (Å²) in [6.07, 6.45) is 4.09. The summed E-state index contributed by atoms with van der Waals surface area (Å²) in [7, 11) is 1.72. The van der Waals surface area contributed by atoms with Crippen LogP contribution in [-0.4, -0.2) is 30.5 Å². The number of methoxy groups -OCH3 is 1. The SMILES string of the molecule is COC(C)C(C)Nc1ccc(SC)cn1. The minimum atomic E-state index is 0.173. The summed E-state index contributed by atoms with van der Waals surface area (Å²) in [6, 6.07) is 4.30. The molecule has 1 N–H and O–H groups in total. The lowest BCUT2D eigenvalue weighted by Crippen LogP contribution is -2.29. The molecule has 0 amide bonds. The highest BCUT2D eigenvalue weighted by molar-refractivity contribution is 7.98. The second-order valence-corrected chi connectivity index (χ2v) is 4.34. The minimum absolute atomic E-state index is 0.173. The number of ether oxygens (including phenoxy) is 1. The molecule has 3 nitrogen and oxygen atoms in total. The van der Waals surface area contributed by atoms with E-state index >= 15 is 0 Å². The van der Waals surface area contributed by atoms with Crippen LogP contribution in [0.15, 0.2) is 23.2 Å². The van der Waals surface area contributed by atoms with Gasteiger partial charge in [-0.05, 0) is 32.2 Å². The van der Waals surface area contributed by atoms with Crippen LogP contribution in [0.4, 0.5) is 5.82 Å². The molecule has 4 heteroatoms. The van der Waals surface area contributed by atoms with Crippen molar-refractivity contribution in [3.05, 3.63) is 18.3 Å². The molecule has 1 aromatic rings. The number of hydrogen-bond acceptors (Lipinski definition) is 4. The van der Waals surface area contributed by atoms with Gasteiger partial charge in [0.15, 0.2) is 0 Å². The zero-order valence-corrected chi connectivity index (χ0v) is 10.5. The summed E-state index contributed by atoms with van der Waals surface area (Å²) in [5.74, 6) is 0.893. The molecule has 84 valence electrons. The highest BCUT2D eigenvalue weighted by Crippen LogP contribution is 2.15. The van der Waals surface area contributed by atoms with Crippen LogP contribution < -0.4 is 5.32 Å². The normalized spacial score (nSPS) is 14.7. The lowest BCUT2D eigenvalue weighted by Gasteiger charge is -2.20. The maximum Gasteiger partial charge on any atom is 0.126 e. The fourth-order valence-corrected chi connectivity index (χ4v) is 1.50. The molecule has 0 aromatic carbocycles. The first-order valence-electron chi connectivity index (χ1n) is 4.96. The van der Waals surface area contributed by atoms with E-state index in [1.165, 1.54) is 4.90 Å². The van der Waals surface area contributed by atoms with Crippen LogP contribution in [0, 0.1) is 0 Å². The van der Waals surface area contributed by atoms with Crippen molar-refractivity contribution in [2.45, 2.75) is 30.9 Å². The summed E-state index contributed by atoms with van der Waals surface area (Å²) in [5, 5.41) is 3.30. The molecule has 0 aliphatic carbocycles. The van der Waals surface area contributed by atoms with Crippen molar-refractivity contribution in [2.24, 2.45) is 0 Å². The van der Waals surface area contributed by atoms with Gasteiger partial charge in [-0.2, -0.15) is 0 Å². The van der Waals surface area contributed by atoms with Crippen LogP contribution in [0.2, 0.25) is 0 Å². The largest absolute Gasteiger partial charge is 0.380 e. The predicted octanol–water partition coefficient (Wildman–Crippen LogP) is 2.64. The average Bonchev–Trinajstić information content (AvgIpc) is 2.29. The van der Waals surface area contributed by atoms with Gasteiger partial charge in [0.05, 0.1) is 12.1 Å². The number of nitrogens with zero attached hydrogens (tertiary/aromatic N) is 1. The van der Waals surface area contributed by atoms with E-state index in [1.807, 2.05) is 25.4 Å². The fourth-order valence-electron chi connectivity index (χ4n) is 1.14. The van der Waals surface area contributed by atoms with Gasteiger partial charge in [-0.1, -0.05) is 0 Å². The topological polar surface area (TPSA) is 34.1 Å². The molecule has 15 heavy (non-hydrogen) atoms. The maximum absolute atomic E-state index is 5.23.